The summed E-state index contributed by atoms with van der Waals surface area (Å²) < 4.78 is 10.7. The van der Waals surface area contributed by atoms with Crippen molar-refractivity contribution >= 4 is 0 Å². The highest BCUT2D eigenvalue weighted by Gasteiger charge is 2.20. The molecule has 1 aromatic carbocycles. The van der Waals surface area contributed by atoms with Crippen molar-refractivity contribution in [2.24, 2.45) is 0 Å². The van der Waals surface area contributed by atoms with Crippen LogP contribution in [0.2, 0.25) is 0 Å². The third-order valence-electron chi connectivity index (χ3n) is 2.83. The molecule has 0 aliphatic rings. The lowest BCUT2D eigenvalue weighted by Crippen LogP contribution is -2.35. The van der Waals surface area contributed by atoms with Gasteiger partial charge in [-0.25, -0.2) is 0 Å². The minimum atomic E-state index is -0.302. The van der Waals surface area contributed by atoms with Crippen molar-refractivity contribution in [1.29, 1.82) is 0 Å². The van der Waals surface area contributed by atoms with Crippen molar-refractivity contribution in [2.75, 3.05) is 7.11 Å². The molecule has 0 aliphatic heterocycles. The molecule has 1 atom stereocenters. The van der Waals surface area contributed by atoms with E-state index in [4.69, 9.17) is 9.26 Å². The molecule has 0 amide bonds. The van der Waals surface area contributed by atoms with E-state index in [0.717, 1.165) is 5.56 Å². The van der Waals surface area contributed by atoms with E-state index in [9.17, 15) is 0 Å². The highest BCUT2D eigenvalue weighted by molar-refractivity contribution is 5.22. The third-order valence-corrected chi connectivity index (χ3v) is 2.83. The molecule has 5 nitrogen and oxygen atoms in total. The molecule has 108 valence electrons. The van der Waals surface area contributed by atoms with E-state index in [1.165, 1.54) is 0 Å². The zero-order valence-corrected chi connectivity index (χ0v) is 12.4. The van der Waals surface area contributed by atoms with Crippen molar-refractivity contribution in [3.8, 4) is 0 Å². The van der Waals surface area contributed by atoms with Crippen LogP contribution in [0.15, 0.2) is 34.9 Å². The fraction of sp³-hybridized carbons (Fsp3) is 0.467. The molecular formula is C15H21N3O2. The molecule has 2 aromatic rings. The summed E-state index contributed by atoms with van der Waals surface area (Å²) >= 11 is 0. The SMILES string of the molecule is COC(c1ccccc1)c1noc(CNC(C)(C)C)n1. The number of aromatic nitrogens is 2. The first-order chi connectivity index (χ1) is 9.49. The minimum Gasteiger partial charge on any atom is -0.369 e. The van der Waals surface area contributed by atoms with Crippen LogP contribution in [0.3, 0.4) is 0 Å². The average molecular weight is 275 g/mol. The van der Waals surface area contributed by atoms with E-state index in [2.05, 4.69) is 36.2 Å². The van der Waals surface area contributed by atoms with Crippen molar-refractivity contribution in [3.05, 3.63) is 47.6 Å². The number of ether oxygens (including phenoxy) is 1. The standard InChI is InChI=1S/C15H21N3O2/c1-15(2,3)16-10-12-17-14(18-20-12)13(19-4)11-8-6-5-7-9-11/h5-9,13,16H,10H2,1-4H3. The maximum Gasteiger partial charge on any atom is 0.240 e. The van der Waals surface area contributed by atoms with Gasteiger partial charge in [-0.05, 0) is 26.3 Å². The van der Waals surface area contributed by atoms with Gasteiger partial charge in [0.05, 0.1) is 6.54 Å². The van der Waals surface area contributed by atoms with E-state index in [-0.39, 0.29) is 11.6 Å². The van der Waals surface area contributed by atoms with Gasteiger partial charge in [0.1, 0.15) is 6.10 Å². The molecule has 0 saturated carbocycles. The van der Waals surface area contributed by atoms with E-state index in [1.54, 1.807) is 7.11 Å². The van der Waals surface area contributed by atoms with Gasteiger partial charge in [0.2, 0.25) is 11.7 Å². The molecule has 0 radical (unpaired) electrons. The average Bonchev–Trinajstić information content (AvgIpc) is 2.87. The molecule has 1 heterocycles. The quantitative estimate of drug-likeness (QED) is 0.909. The van der Waals surface area contributed by atoms with Crippen LogP contribution in [-0.4, -0.2) is 22.8 Å². The summed E-state index contributed by atoms with van der Waals surface area (Å²) in [5, 5.41) is 7.32. The Kier molecular flexibility index (Phi) is 4.52. The summed E-state index contributed by atoms with van der Waals surface area (Å²) in [4.78, 5) is 4.40. The van der Waals surface area contributed by atoms with Crippen LogP contribution in [0.25, 0.3) is 0 Å². The fourth-order valence-corrected chi connectivity index (χ4v) is 1.81. The molecule has 2 rings (SSSR count). The number of hydrogen-bond acceptors (Lipinski definition) is 5. The Labute approximate surface area is 119 Å². The van der Waals surface area contributed by atoms with Crippen LogP contribution >= 0.6 is 0 Å². The van der Waals surface area contributed by atoms with Gasteiger partial charge in [-0.2, -0.15) is 4.98 Å². The van der Waals surface area contributed by atoms with Crippen molar-refractivity contribution < 1.29 is 9.26 Å². The molecule has 1 N–H and O–H groups in total. The molecule has 5 heteroatoms. The first-order valence-electron chi connectivity index (χ1n) is 6.65. The van der Waals surface area contributed by atoms with E-state index < -0.39 is 0 Å². The Bertz CT molecular complexity index is 532. The van der Waals surface area contributed by atoms with E-state index in [1.807, 2.05) is 30.3 Å². The molecule has 0 saturated heterocycles. The fourth-order valence-electron chi connectivity index (χ4n) is 1.81. The first kappa shape index (κ1) is 14.7. The number of nitrogens with one attached hydrogen (secondary N) is 1. The van der Waals surface area contributed by atoms with E-state index >= 15 is 0 Å². The largest absolute Gasteiger partial charge is 0.369 e. The van der Waals surface area contributed by atoms with Gasteiger partial charge in [-0.15, -0.1) is 0 Å². The van der Waals surface area contributed by atoms with Gasteiger partial charge < -0.3 is 14.6 Å². The maximum absolute atomic E-state index is 5.48. The molecule has 0 bridgehead atoms. The number of hydrogen-bond donors (Lipinski definition) is 1. The van der Waals surface area contributed by atoms with Gasteiger partial charge in [-0.3, -0.25) is 0 Å². The number of benzene rings is 1. The molecule has 20 heavy (non-hydrogen) atoms. The summed E-state index contributed by atoms with van der Waals surface area (Å²) in [7, 11) is 1.64. The predicted octanol–water partition coefficient (Wildman–Crippen LogP) is 2.69. The normalized spacial score (nSPS) is 13.4. The summed E-state index contributed by atoms with van der Waals surface area (Å²) in [6, 6.07) is 9.85. The maximum atomic E-state index is 5.48. The molecule has 0 spiro atoms. The van der Waals surface area contributed by atoms with Crippen LogP contribution < -0.4 is 5.32 Å². The minimum absolute atomic E-state index is 0.00865. The molecule has 0 aliphatic carbocycles. The number of methoxy groups -OCH3 is 1. The Morgan fingerprint density at radius 3 is 2.55 bits per heavy atom. The predicted molar refractivity (Wildman–Crippen MR) is 76.2 cm³/mol. The monoisotopic (exact) mass is 275 g/mol. The van der Waals surface area contributed by atoms with Gasteiger partial charge in [-0.1, -0.05) is 35.5 Å². The molecule has 0 fully saturated rings. The van der Waals surface area contributed by atoms with Crippen LogP contribution in [0.1, 0.15) is 44.2 Å². The number of rotatable bonds is 5. The Morgan fingerprint density at radius 1 is 1.25 bits per heavy atom. The molecule has 1 unspecified atom stereocenters. The zero-order valence-electron chi connectivity index (χ0n) is 12.4. The molecule has 1 aromatic heterocycles. The topological polar surface area (TPSA) is 60.2 Å². The van der Waals surface area contributed by atoms with Gasteiger partial charge >= 0.3 is 0 Å². The second kappa shape index (κ2) is 6.15. The Hall–Kier alpha value is -1.72. The smallest absolute Gasteiger partial charge is 0.240 e. The van der Waals surface area contributed by atoms with Crippen LogP contribution in [-0.2, 0) is 11.3 Å². The zero-order chi connectivity index (χ0) is 14.6. The third kappa shape index (κ3) is 3.88. The van der Waals surface area contributed by atoms with Gasteiger partial charge in [0.15, 0.2) is 0 Å². The highest BCUT2D eigenvalue weighted by Crippen LogP contribution is 2.22. The van der Waals surface area contributed by atoms with Gasteiger partial charge in [0, 0.05) is 12.6 Å². The summed E-state index contributed by atoms with van der Waals surface area (Å²) in [6.07, 6.45) is -0.302. The van der Waals surface area contributed by atoms with Crippen molar-refractivity contribution in [2.45, 2.75) is 39.0 Å². The lowest BCUT2D eigenvalue weighted by molar-refractivity contribution is 0.126. The summed E-state index contributed by atoms with van der Waals surface area (Å²) in [5.74, 6) is 1.11. The highest BCUT2D eigenvalue weighted by atomic mass is 16.5. The second-order valence-electron chi connectivity index (χ2n) is 5.68. The first-order valence-corrected chi connectivity index (χ1v) is 6.65. The van der Waals surface area contributed by atoms with Crippen molar-refractivity contribution in [1.82, 2.24) is 15.5 Å². The lowest BCUT2D eigenvalue weighted by atomic mass is 10.1. The lowest BCUT2D eigenvalue weighted by Gasteiger charge is -2.18. The van der Waals surface area contributed by atoms with Crippen molar-refractivity contribution in [3.63, 3.8) is 0 Å². The molecular weight excluding hydrogens is 254 g/mol. The number of nitrogens with zero attached hydrogens (tertiary/aromatic N) is 2. The van der Waals surface area contributed by atoms with Crippen LogP contribution in [0, 0.1) is 0 Å². The van der Waals surface area contributed by atoms with E-state index in [0.29, 0.717) is 18.3 Å². The summed E-state index contributed by atoms with van der Waals surface area (Å²) in [5.41, 5.74) is 1.01. The van der Waals surface area contributed by atoms with Crippen LogP contribution in [0.4, 0.5) is 0 Å². The Morgan fingerprint density at radius 2 is 1.95 bits per heavy atom. The van der Waals surface area contributed by atoms with Crippen LogP contribution in [0.5, 0.6) is 0 Å². The second-order valence-corrected chi connectivity index (χ2v) is 5.68. The summed E-state index contributed by atoms with van der Waals surface area (Å²) in [6.45, 7) is 6.81. The Balaban J connectivity index is 2.11. The van der Waals surface area contributed by atoms with Gasteiger partial charge in [0.25, 0.3) is 0 Å².